The topological polar surface area (TPSA) is 69.7 Å². The molecule has 0 aromatic heterocycles. The molecule has 8 heteroatoms. The molecule has 1 aromatic rings. The van der Waals surface area contributed by atoms with E-state index in [0.29, 0.717) is 31.0 Å². The van der Waals surface area contributed by atoms with E-state index in [-0.39, 0.29) is 23.3 Å². The number of hydrogen-bond donors (Lipinski definition) is 1. The van der Waals surface area contributed by atoms with Crippen LogP contribution in [0.2, 0.25) is 0 Å². The third-order valence-corrected chi connectivity index (χ3v) is 7.85. The maximum Gasteiger partial charge on any atom is 0.243 e. The van der Waals surface area contributed by atoms with Crippen LogP contribution in [-0.2, 0) is 20.8 Å². The Morgan fingerprint density at radius 3 is 2.80 bits per heavy atom. The summed E-state index contributed by atoms with van der Waals surface area (Å²) in [7, 11) is 0. The molecule has 1 unspecified atom stereocenters. The highest BCUT2D eigenvalue weighted by Gasteiger charge is 2.41. The lowest BCUT2D eigenvalue weighted by Gasteiger charge is -2.36. The van der Waals surface area contributed by atoms with E-state index in [1.807, 2.05) is 18.7 Å². The smallest absolute Gasteiger partial charge is 0.243 e. The molecule has 1 N–H and O–H groups in total. The van der Waals surface area contributed by atoms with Crippen LogP contribution in [-0.4, -0.2) is 63.8 Å². The standard InChI is InChI=1S/C22H30BrN3O3S/c1-15-5-6-17(18(23)11-15)7-8-20(28)26-10-4-9-22(26,3)13-24-21(29)19-12-30-14-25(19)16(2)27/h5-6,11,19H,4,7-10,12-14H2,1-3H3,(H,24,29)/t19-,22?/m0/s1. The van der Waals surface area contributed by atoms with Gasteiger partial charge in [-0.15, -0.1) is 11.8 Å². The van der Waals surface area contributed by atoms with Gasteiger partial charge in [-0.25, -0.2) is 0 Å². The maximum atomic E-state index is 13.0. The highest BCUT2D eigenvalue weighted by molar-refractivity contribution is 9.10. The second-order valence-corrected chi connectivity index (χ2v) is 10.3. The summed E-state index contributed by atoms with van der Waals surface area (Å²) < 4.78 is 1.04. The number of hydrogen-bond acceptors (Lipinski definition) is 4. The van der Waals surface area contributed by atoms with E-state index in [4.69, 9.17) is 0 Å². The summed E-state index contributed by atoms with van der Waals surface area (Å²) >= 11 is 5.18. The fourth-order valence-corrected chi connectivity index (χ4v) is 6.14. The Labute approximate surface area is 191 Å². The fourth-order valence-electron chi connectivity index (χ4n) is 4.23. The maximum absolute atomic E-state index is 13.0. The Balaban J connectivity index is 1.57. The third kappa shape index (κ3) is 5.19. The van der Waals surface area contributed by atoms with E-state index in [1.54, 1.807) is 16.7 Å². The number of amides is 3. The highest BCUT2D eigenvalue weighted by atomic mass is 79.9. The van der Waals surface area contributed by atoms with Gasteiger partial charge in [-0.1, -0.05) is 28.1 Å². The molecule has 2 aliphatic rings. The zero-order valence-electron chi connectivity index (χ0n) is 17.9. The molecule has 2 atom stereocenters. The summed E-state index contributed by atoms with van der Waals surface area (Å²) in [4.78, 5) is 41.0. The van der Waals surface area contributed by atoms with Crippen LogP contribution in [0.5, 0.6) is 0 Å². The van der Waals surface area contributed by atoms with E-state index in [2.05, 4.69) is 39.4 Å². The van der Waals surface area contributed by atoms with Gasteiger partial charge in [0.1, 0.15) is 6.04 Å². The average Bonchev–Trinajstić information content (AvgIpc) is 3.33. The Morgan fingerprint density at radius 2 is 2.10 bits per heavy atom. The van der Waals surface area contributed by atoms with E-state index in [9.17, 15) is 14.4 Å². The number of halogens is 1. The summed E-state index contributed by atoms with van der Waals surface area (Å²) in [6.45, 7) is 6.73. The number of nitrogens with one attached hydrogen (secondary N) is 1. The molecular formula is C22H30BrN3O3S. The first-order valence-corrected chi connectivity index (χ1v) is 12.3. The first-order valence-electron chi connectivity index (χ1n) is 10.4. The average molecular weight is 496 g/mol. The van der Waals surface area contributed by atoms with Crippen LogP contribution in [0, 0.1) is 6.92 Å². The molecule has 30 heavy (non-hydrogen) atoms. The number of aryl methyl sites for hydroxylation is 2. The quantitative estimate of drug-likeness (QED) is 0.657. The van der Waals surface area contributed by atoms with Gasteiger partial charge in [0.25, 0.3) is 0 Å². The van der Waals surface area contributed by atoms with Crippen LogP contribution in [0.4, 0.5) is 0 Å². The van der Waals surface area contributed by atoms with Gasteiger partial charge < -0.3 is 15.1 Å². The van der Waals surface area contributed by atoms with Crippen molar-refractivity contribution in [2.45, 2.75) is 58.0 Å². The first-order chi connectivity index (χ1) is 14.2. The lowest BCUT2D eigenvalue weighted by molar-refractivity contribution is -0.137. The van der Waals surface area contributed by atoms with Gasteiger partial charge in [-0.3, -0.25) is 14.4 Å². The minimum absolute atomic E-state index is 0.0775. The van der Waals surface area contributed by atoms with Crippen molar-refractivity contribution >= 4 is 45.4 Å². The molecule has 2 aliphatic heterocycles. The van der Waals surface area contributed by atoms with Crippen molar-refractivity contribution in [3.8, 4) is 0 Å². The second-order valence-electron chi connectivity index (χ2n) is 8.46. The van der Waals surface area contributed by atoms with Gasteiger partial charge in [-0.05, 0) is 50.3 Å². The Morgan fingerprint density at radius 1 is 1.33 bits per heavy atom. The minimum Gasteiger partial charge on any atom is -0.352 e. The van der Waals surface area contributed by atoms with Crippen LogP contribution in [0.15, 0.2) is 22.7 Å². The predicted molar refractivity (Wildman–Crippen MR) is 123 cm³/mol. The van der Waals surface area contributed by atoms with E-state index in [1.165, 1.54) is 12.5 Å². The lowest BCUT2D eigenvalue weighted by atomic mass is 9.97. The van der Waals surface area contributed by atoms with Crippen molar-refractivity contribution < 1.29 is 14.4 Å². The summed E-state index contributed by atoms with van der Waals surface area (Å²) in [6.07, 6.45) is 2.93. The molecule has 6 nitrogen and oxygen atoms in total. The van der Waals surface area contributed by atoms with Crippen LogP contribution in [0.3, 0.4) is 0 Å². The van der Waals surface area contributed by atoms with Gasteiger partial charge in [-0.2, -0.15) is 0 Å². The summed E-state index contributed by atoms with van der Waals surface area (Å²) in [6, 6.07) is 5.78. The molecule has 0 aliphatic carbocycles. The predicted octanol–water partition coefficient (Wildman–Crippen LogP) is 3.11. The fraction of sp³-hybridized carbons (Fsp3) is 0.591. The van der Waals surface area contributed by atoms with Crippen LogP contribution < -0.4 is 5.32 Å². The molecule has 0 spiro atoms. The highest BCUT2D eigenvalue weighted by Crippen LogP contribution is 2.30. The second kappa shape index (κ2) is 9.73. The van der Waals surface area contributed by atoms with Crippen molar-refractivity contribution in [3.63, 3.8) is 0 Å². The van der Waals surface area contributed by atoms with Gasteiger partial charge in [0.15, 0.2) is 0 Å². The molecular weight excluding hydrogens is 466 g/mol. The van der Waals surface area contributed by atoms with Crippen LogP contribution >= 0.6 is 27.7 Å². The van der Waals surface area contributed by atoms with E-state index >= 15 is 0 Å². The van der Waals surface area contributed by atoms with E-state index in [0.717, 1.165) is 29.4 Å². The number of rotatable bonds is 6. The monoisotopic (exact) mass is 495 g/mol. The molecule has 164 valence electrons. The van der Waals surface area contributed by atoms with Gasteiger partial charge >= 0.3 is 0 Å². The Bertz CT molecular complexity index is 834. The normalized spacial score (nSPS) is 23.7. The SMILES string of the molecule is CC(=O)N1CSC[C@H]1C(=O)NCC1(C)CCCN1C(=O)CCc1ccc(C)cc1Br. The minimum atomic E-state index is -0.416. The number of nitrogens with zero attached hydrogens (tertiary/aromatic N) is 2. The van der Waals surface area contributed by atoms with Crippen molar-refractivity contribution in [2.75, 3.05) is 24.7 Å². The summed E-state index contributed by atoms with van der Waals surface area (Å²) in [5, 5.41) is 3.02. The molecule has 2 saturated heterocycles. The molecule has 0 bridgehead atoms. The number of likely N-dealkylation sites (tertiary alicyclic amines) is 1. The zero-order chi connectivity index (χ0) is 21.9. The van der Waals surface area contributed by atoms with Gasteiger partial charge in [0.05, 0.1) is 11.4 Å². The van der Waals surface area contributed by atoms with Crippen LogP contribution in [0.25, 0.3) is 0 Å². The lowest BCUT2D eigenvalue weighted by Crippen LogP contribution is -2.55. The molecule has 3 amide bonds. The molecule has 2 fully saturated rings. The Hall–Kier alpha value is -1.54. The molecule has 0 saturated carbocycles. The third-order valence-electron chi connectivity index (χ3n) is 6.10. The number of benzene rings is 1. The molecule has 2 heterocycles. The zero-order valence-corrected chi connectivity index (χ0v) is 20.3. The van der Waals surface area contributed by atoms with Crippen molar-refractivity contribution in [2.24, 2.45) is 0 Å². The van der Waals surface area contributed by atoms with E-state index < -0.39 is 6.04 Å². The van der Waals surface area contributed by atoms with Crippen molar-refractivity contribution in [1.29, 1.82) is 0 Å². The molecule has 1 aromatic carbocycles. The largest absolute Gasteiger partial charge is 0.352 e. The van der Waals surface area contributed by atoms with Crippen LogP contribution in [0.1, 0.15) is 44.2 Å². The van der Waals surface area contributed by atoms with Gasteiger partial charge in [0, 0.05) is 36.7 Å². The number of thioether (sulfide) groups is 1. The first kappa shape index (κ1) is 23.1. The van der Waals surface area contributed by atoms with Crippen molar-refractivity contribution in [3.05, 3.63) is 33.8 Å². The summed E-state index contributed by atoms with van der Waals surface area (Å²) in [5.74, 6) is 1.10. The Kier molecular flexibility index (Phi) is 7.50. The van der Waals surface area contributed by atoms with Crippen molar-refractivity contribution in [1.82, 2.24) is 15.1 Å². The molecule has 3 rings (SSSR count). The molecule has 0 radical (unpaired) electrons. The summed E-state index contributed by atoms with van der Waals surface area (Å²) in [5.41, 5.74) is 1.93. The number of carbonyl (C=O) groups excluding carboxylic acids is 3. The number of carbonyl (C=O) groups is 3. The van der Waals surface area contributed by atoms with Gasteiger partial charge in [0.2, 0.25) is 17.7 Å².